The van der Waals surface area contributed by atoms with Crippen LogP contribution in [0.4, 0.5) is 0 Å². The standard InChI is InChI=1S/C21H22N2O2/c1-21(2,14-24)19-20(25)23(3)18(16-12-8-5-9-13-16)17(22-19)15-10-6-4-7-11-15/h4-14,20,25H,1-3H3. The molecular weight excluding hydrogens is 312 g/mol. The predicted molar refractivity (Wildman–Crippen MR) is 101 cm³/mol. The molecule has 0 saturated carbocycles. The van der Waals surface area contributed by atoms with Gasteiger partial charge in [0.15, 0.2) is 6.23 Å². The molecule has 2 aromatic carbocycles. The van der Waals surface area contributed by atoms with Gasteiger partial charge in [0.1, 0.15) is 6.29 Å². The van der Waals surface area contributed by atoms with Crippen LogP contribution in [0.1, 0.15) is 25.0 Å². The molecule has 3 rings (SSSR count). The van der Waals surface area contributed by atoms with Gasteiger partial charge in [0.05, 0.1) is 22.5 Å². The van der Waals surface area contributed by atoms with Crippen LogP contribution >= 0.6 is 0 Å². The van der Waals surface area contributed by atoms with Gasteiger partial charge in [0.25, 0.3) is 0 Å². The van der Waals surface area contributed by atoms with E-state index in [0.29, 0.717) is 5.71 Å². The average Bonchev–Trinajstić information content (AvgIpc) is 2.65. The minimum atomic E-state index is -0.956. The molecule has 1 atom stereocenters. The molecule has 1 unspecified atom stereocenters. The van der Waals surface area contributed by atoms with E-state index in [1.54, 1.807) is 18.7 Å². The van der Waals surface area contributed by atoms with Crippen molar-refractivity contribution in [1.82, 2.24) is 4.90 Å². The van der Waals surface area contributed by atoms with Gasteiger partial charge in [-0.3, -0.25) is 0 Å². The highest BCUT2D eigenvalue weighted by Gasteiger charge is 2.37. The van der Waals surface area contributed by atoms with Gasteiger partial charge in [0.2, 0.25) is 0 Å². The number of aliphatic imine (C=N–C) groups is 1. The maximum atomic E-state index is 11.5. The highest BCUT2D eigenvalue weighted by atomic mass is 16.3. The second-order valence-electron chi connectivity index (χ2n) is 6.75. The van der Waals surface area contributed by atoms with Crippen LogP contribution in [0.25, 0.3) is 11.4 Å². The molecule has 2 aromatic rings. The summed E-state index contributed by atoms with van der Waals surface area (Å²) in [6.45, 7) is 3.54. The van der Waals surface area contributed by atoms with E-state index >= 15 is 0 Å². The highest BCUT2D eigenvalue weighted by Crippen LogP contribution is 2.37. The van der Waals surface area contributed by atoms with Gasteiger partial charge >= 0.3 is 0 Å². The molecule has 0 spiro atoms. The van der Waals surface area contributed by atoms with E-state index < -0.39 is 11.6 Å². The number of carbonyl (C=O) groups excluding carboxylic acids is 1. The van der Waals surface area contributed by atoms with E-state index in [0.717, 1.165) is 28.8 Å². The van der Waals surface area contributed by atoms with Crippen LogP contribution < -0.4 is 0 Å². The number of hydrogen-bond acceptors (Lipinski definition) is 4. The molecule has 0 amide bonds. The van der Waals surface area contributed by atoms with Crippen LogP contribution in [-0.4, -0.2) is 35.3 Å². The first-order chi connectivity index (χ1) is 12.0. The first kappa shape index (κ1) is 17.1. The number of aliphatic hydroxyl groups is 1. The number of benzene rings is 2. The molecule has 25 heavy (non-hydrogen) atoms. The van der Waals surface area contributed by atoms with Crippen molar-refractivity contribution in [2.45, 2.75) is 20.1 Å². The molecule has 1 aliphatic rings. The SMILES string of the molecule is CN1C(c2ccccc2)=C(c2ccccc2)N=C(C(C)(C)C=O)C1O. The van der Waals surface area contributed by atoms with Gasteiger partial charge in [-0.05, 0) is 13.8 Å². The molecule has 4 nitrogen and oxygen atoms in total. The van der Waals surface area contributed by atoms with E-state index in [1.807, 2.05) is 67.7 Å². The third-order valence-electron chi connectivity index (χ3n) is 4.47. The van der Waals surface area contributed by atoms with E-state index in [-0.39, 0.29) is 0 Å². The van der Waals surface area contributed by atoms with Crippen molar-refractivity contribution in [2.24, 2.45) is 10.4 Å². The van der Waals surface area contributed by atoms with E-state index in [9.17, 15) is 9.90 Å². The van der Waals surface area contributed by atoms with E-state index in [1.165, 1.54) is 0 Å². The summed E-state index contributed by atoms with van der Waals surface area (Å²) in [5, 5.41) is 10.8. The van der Waals surface area contributed by atoms with Crippen LogP contribution in [0.15, 0.2) is 65.7 Å². The Labute approximate surface area is 148 Å². The Bertz CT molecular complexity index is 823. The first-order valence-electron chi connectivity index (χ1n) is 8.27. The Hall–Kier alpha value is -2.72. The van der Waals surface area contributed by atoms with E-state index in [4.69, 9.17) is 4.99 Å². The fourth-order valence-electron chi connectivity index (χ4n) is 2.97. The number of carbonyl (C=O) groups is 1. The fraction of sp³-hybridized carbons (Fsp3) is 0.238. The van der Waals surface area contributed by atoms with Crippen molar-refractivity contribution in [1.29, 1.82) is 0 Å². The fourth-order valence-corrected chi connectivity index (χ4v) is 2.97. The van der Waals surface area contributed by atoms with E-state index in [2.05, 4.69) is 0 Å². The van der Waals surface area contributed by atoms with Crippen LogP contribution in [0, 0.1) is 5.41 Å². The molecule has 4 heteroatoms. The third-order valence-corrected chi connectivity index (χ3v) is 4.47. The van der Waals surface area contributed by atoms with Crippen molar-refractivity contribution in [2.75, 3.05) is 7.05 Å². The van der Waals surface area contributed by atoms with Gasteiger partial charge in [-0.1, -0.05) is 60.7 Å². The predicted octanol–water partition coefficient (Wildman–Crippen LogP) is 3.44. The number of aliphatic hydroxyl groups excluding tert-OH is 1. The number of hydrogen-bond donors (Lipinski definition) is 1. The maximum absolute atomic E-state index is 11.5. The van der Waals surface area contributed by atoms with Crippen LogP contribution in [0.3, 0.4) is 0 Å². The Kier molecular flexibility index (Phi) is 4.55. The normalized spacial score (nSPS) is 18.2. The Morgan fingerprint density at radius 1 is 1.00 bits per heavy atom. The Morgan fingerprint density at radius 2 is 1.52 bits per heavy atom. The molecule has 0 saturated heterocycles. The van der Waals surface area contributed by atoms with Gasteiger partial charge in [-0.15, -0.1) is 0 Å². The lowest BCUT2D eigenvalue weighted by Crippen LogP contribution is -2.47. The minimum Gasteiger partial charge on any atom is -0.368 e. The summed E-state index contributed by atoms with van der Waals surface area (Å²) in [5.74, 6) is 0. The summed E-state index contributed by atoms with van der Waals surface area (Å²) < 4.78 is 0. The molecule has 0 aliphatic carbocycles. The number of aldehydes is 1. The molecule has 0 radical (unpaired) electrons. The average molecular weight is 334 g/mol. The summed E-state index contributed by atoms with van der Waals surface area (Å²) in [6.07, 6.45) is -0.123. The van der Waals surface area contributed by atoms with Crippen molar-refractivity contribution >= 4 is 23.4 Å². The lowest BCUT2D eigenvalue weighted by Gasteiger charge is -2.38. The Morgan fingerprint density at radius 3 is 2.04 bits per heavy atom. The third kappa shape index (κ3) is 3.13. The van der Waals surface area contributed by atoms with Crippen molar-refractivity contribution < 1.29 is 9.90 Å². The minimum absolute atomic E-state index is 0.448. The van der Waals surface area contributed by atoms with Crippen molar-refractivity contribution in [3.05, 3.63) is 71.8 Å². The molecule has 0 bridgehead atoms. The van der Waals surface area contributed by atoms with Crippen LogP contribution in [-0.2, 0) is 4.79 Å². The number of rotatable bonds is 4. The van der Waals surface area contributed by atoms with Gasteiger partial charge < -0.3 is 14.8 Å². The lowest BCUT2D eigenvalue weighted by molar-refractivity contribution is -0.112. The second kappa shape index (κ2) is 6.65. The van der Waals surface area contributed by atoms with Gasteiger partial charge in [-0.2, -0.15) is 0 Å². The topological polar surface area (TPSA) is 52.9 Å². The molecule has 0 aromatic heterocycles. The van der Waals surface area contributed by atoms with Gasteiger partial charge in [-0.25, -0.2) is 4.99 Å². The Balaban J connectivity index is 2.29. The summed E-state index contributed by atoms with van der Waals surface area (Å²) in [4.78, 5) is 18.1. The molecular formula is C21H22N2O2. The molecule has 0 fully saturated rings. The molecule has 1 aliphatic heterocycles. The zero-order valence-electron chi connectivity index (χ0n) is 14.7. The first-order valence-corrected chi connectivity index (χ1v) is 8.27. The van der Waals surface area contributed by atoms with Crippen molar-refractivity contribution in [3.63, 3.8) is 0 Å². The molecule has 1 heterocycles. The second-order valence-corrected chi connectivity index (χ2v) is 6.75. The van der Waals surface area contributed by atoms with Gasteiger partial charge in [0, 0.05) is 18.2 Å². The maximum Gasteiger partial charge on any atom is 0.167 e. The zero-order chi connectivity index (χ0) is 18.0. The zero-order valence-corrected chi connectivity index (χ0v) is 14.7. The monoisotopic (exact) mass is 334 g/mol. The lowest BCUT2D eigenvalue weighted by atomic mass is 9.86. The summed E-state index contributed by atoms with van der Waals surface area (Å²) >= 11 is 0. The quantitative estimate of drug-likeness (QED) is 0.872. The number of nitrogens with zero attached hydrogens (tertiary/aromatic N) is 2. The summed E-state index contributed by atoms with van der Waals surface area (Å²) in [7, 11) is 1.82. The highest BCUT2D eigenvalue weighted by molar-refractivity contribution is 6.10. The summed E-state index contributed by atoms with van der Waals surface area (Å²) in [5.41, 5.74) is 3.10. The van der Waals surface area contributed by atoms with Crippen molar-refractivity contribution in [3.8, 4) is 0 Å². The molecule has 128 valence electrons. The largest absolute Gasteiger partial charge is 0.368 e. The van der Waals surface area contributed by atoms with Crippen LogP contribution in [0.2, 0.25) is 0 Å². The summed E-state index contributed by atoms with van der Waals surface area (Å²) in [6, 6.07) is 19.7. The smallest absolute Gasteiger partial charge is 0.167 e. The van der Waals surface area contributed by atoms with Crippen LogP contribution in [0.5, 0.6) is 0 Å². The molecule has 1 N–H and O–H groups in total.